The van der Waals surface area contributed by atoms with Crippen LogP contribution in [0.1, 0.15) is 29.5 Å². The van der Waals surface area contributed by atoms with Gasteiger partial charge in [0, 0.05) is 18.8 Å². The quantitative estimate of drug-likeness (QED) is 0.847. The molecule has 2 aromatic carbocycles. The molecule has 2 aromatic rings. The second-order valence-electron chi connectivity index (χ2n) is 6.81. The van der Waals surface area contributed by atoms with E-state index in [0.29, 0.717) is 12.1 Å². The summed E-state index contributed by atoms with van der Waals surface area (Å²) in [5.74, 6) is 0.0689. The van der Waals surface area contributed by atoms with E-state index >= 15 is 0 Å². The number of carbonyl (C=O) groups excluding carboxylic acids is 1. The van der Waals surface area contributed by atoms with Crippen molar-refractivity contribution in [3.05, 3.63) is 65.2 Å². The van der Waals surface area contributed by atoms with Gasteiger partial charge in [-0.25, -0.2) is 8.42 Å². The van der Waals surface area contributed by atoms with E-state index in [1.165, 1.54) is 0 Å². The molecule has 26 heavy (non-hydrogen) atoms. The lowest BCUT2D eigenvalue weighted by molar-refractivity contribution is -0.129. The summed E-state index contributed by atoms with van der Waals surface area (Å²) in [5.41, 5.74) is 3.19. The van der Waals surface area contributed by atoms with Gasteiger partial charge < -0.3 is 4.90 Å². The summed E-state index contributed by atoms with van der Waals surface area (Å²) in [4.78, 5) is 14.1. The molecule has 0 saturated carbocycles. The van der Waals surface area contributed by atoms with Gasteiger partial charge in [-0.3, -0.25) is 9.52 Å². The third kappa shape index (κ3) is 5.08. The normalized spacial score (nSPS) is 14.4. The third-order valence-electron chi connectivity index (χ3n) is 4.48. The minimum Gasteiger partial charge on any atom is -0.342 e. The predicted octanol–water partition coefficient (Wildman–Crippen LogP) is 3.10. The van der Waals surface area contributed by atoms with Crippen LogP contribution in [-0.2, 0) is 27.0 Å². The smallest absolute Gasteiger partial charge is 0.236 e. The van der Waals surface area contributed by atoms with Crippen molar-refractivity contribution >= 4 is 21.6 Å². The molecule has 1 amide bonds. The van der Waals surface area contributed by atoms with Crippen LogP contribution in [0.25, 0.3) is 0 Å². The summed E-state index contributed by atoms with van der Waals surface area (Å²) < 4.78 is 27.3. The van der Waals surface area contributed by atoms with E-state index in [-0.39, 0.29) is 11.7 Å². The lowest BCUT2D eigenvalue weighted by Crippen LogP contribution is -2.29. The lowest BCUT2D eigenvalue weighted by Gasteiger charge is -2.15. The van der Waals surface area contributed by atoms with Crippen molar-refractivity contribution < 1.29 is 13.2 Å². The summed E-state index contributed by atoms with van der Waals surface area (Å²) in [5, 5.41) is 0. The highest BCUT2D eigenvalue weighted by atomic mass is 32.2. The first kappa shape index (κ1) is 18.5. The molecule has 1 N–H and O–H groups in total. The van der Waals surface area contributed by atoms with E-state index in [9.17, 15) is 13.2 Å². The highest BCUT2D eigenvalue weighted by Gasteiger charge is 2.18. The van der Waals surface area contributed by atoms with Crippen LogP contribution in [0.15, 0.2) is 48.5 Å². The molecule has 1 saturated heterocycles. The molecule has 138 valence electrons. The summed E-state index contributed by atoms with van der Waals surface area (Å²) in [6.07, 6.45) is 2.51. The molecule has 0 radical (unpaired) electrons. The molecule has 0 aromatic heterocycles. The number of likely N-dealkylation sites (tertiary alicyclic amines) is 1. The Morgan fingerprint density at radius 2 is 1.73 bits per heavy atom. The predicted molar refractivity (Wildman–Crippen MR) is 103 cm³/mol. The zero-order chi connectivity index (χ0) is 18.6. The Morgan fingerprint density at radius 1 is 1.04 bits per heavy atom. The second-order valence-corrected chi connectivity index (χ2v) is 8.53. The number of sulfonamides is 1. The van der Waals surface area contributed by atoms with Crippen molar-refractivity contribution in [2.24, 2.45) is 0 Å². The summed E-state index contributed by atoms with van der Waals surface area (Å²) in [6.45, 7) is 3.62. The third-order valence-corrected chi connectivity index (χ3v) is 5.74. The van der Waals surface area contributed by atoms with Gasteiger partial charge in [0.05, 0.1) is 12.2 Å². The van der Waals surface area contributed by atoms with Crippen molar-refractivity contribution in [1.82, 2.24) is 4.90 Å². The largest absolute Gasteiger partial charge is 0.342 e. The Balaban J connectivity index is 1.60. The number of aryl methyl sites for hydroxylation is 1. The van der Waals surface area contributed by atoms with Crippen LogP contribution in [0.5, 0.6) is 0 Å². The van der Waals surface area contributed by atoms with Gasteiger partial charge in [0.1, 0.15) is 0 Å². The molecule has 5 nitrogen and oxygen atoms in total. The SMILES string of the molecule is Cc1cccc(CS(=O)(=O)Nc2ccc(CC(=O)N3CCCC3)cc2)c1. The summed E-state index contributed by atoms with van der Waals surface area (Å²) in [6, 6.07) is 14.5. The molecule has 1 fully saturated rings. The number of amides is 1. The molecule has 3 rings (SSSR count). The molecule has 6 heteroatoms. The van der Waals surface area contributed by atoms with Gasteiger partial charge in [-0.2, -0.15) is 0 Å². The van der Waals surface area contributed by atoms with Gasteiger partial charge in [-0.1, -0.05) is 42.0 Å². The number of benzene rings is 2. The van der Waals surface area contributed by atoms with Crippen molar-refractivity contribution in [3.8, 4) is 0 Å². The molecular formula is C20H24N2O3S. The number of nitrogens with zero attached hydrogens (tertiary/aromatic N) is 1. The van der Waals surface area contributed by atoms with Gasteiger partial charge >= 0.3 is 0 Å². The maximum Gasteiger partial charge on any atom is 0.236 e. The Morgan fingerprint density at radius 3 is 2.38 bits per heavy atom. The number of hydrogen-bond donors (Lipinski definition) is 1. The van der Waals surface area contributed by atoms with Crippen LogP contribution < -0.4 is 4.72 Å². The Bertz CT molecular complexity index is 870. The highest BCUT2D eigenvalue weighted by Crippen LogP contribution is 2.16. The van der Waals surface area contributed by atoms with Crippen molar-refractivity contribution in [2.75, 3.05) is 17.8 Å². The molecule has 0 unspecified atom stereocenters. The number of rotatable bonds is 6. The molecule has 0 atom stereocenters. The van der Waals surface area contributed by atoms with Gasteiger partial charge in [0.15, 0.2) is 0 Å². The molecular weight excluding hydrogens is 348 g/mol. The van der Waals surface area contributed by atoms with Gasteiger partial charge in [-0.15, -0.1) is 0 Å². The minimum absolute atomic E-state index is 0.0656. The Hall–Kier alpha value is -2.34. The average molecular weight is 372 g/mol. The Kier molecular flexibility index (Phi) is 5.61. The fourth-order valence-corrected chi connectivity index (χ4v) is 4.37. The molecule has 0 aliphatic carbocycles. The molecule has 1 aliphatic rings. The van der Waals surface area contributed by atoms with Gasteiger partial charge in [-0.05, 0) is 43.0 Å². The number of carbonyl (C=O) groups is 1. The van der Waals surface area contributed by atoms with Crippen LogP contribution in [0.2, 0.25) is 0 Å². The summed E-state index contributed by atoms with van der Waals surface area (Å²) >= 11 is 0. The molecule has 1 aliphatic heterocycles. The van der Waals surface area contributed by atoms with Crippen molar-refractivity contribution in [1.29, 1.82) is 0 Å². The fourth-order valence-electron chi connectivity index (χ4n) is 3.18. The Labute approximate surface area is 155 Å². The molecule has 0 bridgehead atoms. The topological polar surface area (TPSA) is 66.5 Å². The van der Waals surface area contributed by atoms with E-state index < -0.39 is 10.0 Å². The van der Waals surface area contributed by atoms with E-state index in [1.807, 2.05) is 30.0 Å². The van der Waals surface area contributed by atoms with Crippen LogP contribution in [-0.4, -0.2) is 32.3 Å². The zero-order valence-electron chi connectivity index (χ0n) is 14.9. The highest BCUT2D eigenvalue weighted by molar-refractivity contribution is 7.91. The first-order chi connectivity index (χ1) is 12.4. The standard InChI is InChI=1S/C20H24N2O3S/c1-16-5-4-6-18(13-16)15-26(24,25)21-19-9-7-17(8-10-19)14-20(23)22-11-2-3-12-22/h4-10,13,21H,2-3,11-12,14-15H2,1H3. The van der Waals surface area contributed by atoms with E-state index in [0.717, 1.165) is 42.6 Å². The van der Waals surface area contributed by atoms with E-state index in [4.69, 9.17) is 0 Å². The number of hydrogen-bond acceptors (Lipinski definition) is 3. The first-order valence-corrected chi connectivity index (χ1v) is 10.5. The minimum atomic E-state index is -3.48. The monoisotopic (exact) mass is 372 g/mol. The molecule has 1 heterocycles. The maximum absolute atomic E-state index is 12.3. The van der Waals surface area contributed by atoms with Gasteiger partial charge in [0.2, 0.25) is 15.9 Å². The van der Waals surface area contributed by atoms with Crippen LogP contribution in [0.4, 0.5) is 5.69 Å². The van der Waals surface area contributed by atoms with Crippen LogP contribution >= 0.6 is 0 Å². The van der Waals surface area contributed by atoms with Crippen molar-refractivity contribution in [3.63, 3.8) is 0 Å². The number of anilines is 1. The van der Waals surface area contributed by atoms with Crippen LogP contribution in [0, 0.1) is 6.92 Å². The summed E-state index contributed by atoms with van der Waals surface area (Å²) in [7, 11) is -3.48. The second kappa shape index (κ2) is 7.91. The zero-order valence-corrected chi connectivity index (χ0v) is 15.8. The average Bonchev–Trinajstić information content (AvgIpc) is 3.10. The van der Waals surface area contributed by atoms with E-state index in [2.05, 4.69) is 4.72 Å². The maximum atomic E-state index is 12.3. The van der Waals surface area contributed by atoms with Gasteiger partial charge in [0.25, 0.3) is 0 Å². The van der Waals surface area contributed by atoms with Crippen molar-refractivity contribution in [2.45, 2.75) is 31.9 Å². The number of nitrogens with one attached hydrogen (secondary N) is 1. The molecule has 0 spiro atoms. The fraction of sp³-hybridized carbons (Fsp3) is 0.350. The first-order valence-electron chi connectivity index (χ1n) is 8.84. The van der Waals surface area contributed by atoms with E-state index in [1.54, 1.807) is 30.3 Å². The van der Waals surface area contributed by atoms with Crippen LogP contribution in [0.3, 0.4) is 0 Å². The lowest BCUT2D eigenvalue weighted by atomic mass is 10.1.